The van der Waals surface area contributed by atoms with Gasteiger partial charge in [-0.15, -0.1) is 0 Å². The molecule has 0 saturated carbocycles. The topological polar surface area (TPSA) is 35.0 Å². The lowest BCUT2D eigenvalue weighted by Gasteiger charge is -2.33. The predicted octanol–water partition coefficient (Wildman–Crippen LogP) is 9.62. The van der Waals surface area contributed by atoms with Gasteiger partial charge in [-0.1, -0.05) is 139 Å². The lowest BCUT2D eigenvalue weighted by atomic mass is 9.70. The van der Waals surface area contributed by atoms with E-state index in [1.165, 1.54) is 101 Å². The highest BCUT2D eigenvalue weighted by Gasteiger charge is 2.41. The van der Waals surface area contributed by atoms with Crippen molar-refractivity contribution in [2.45, 2.75) is 109 Å². The standard InChI is InChI=1S/C29H42.H3N/c1-3-5-7-9-11-17-23-29(24-18-12-10-8-6-4-2)27-21-15-13-19-25(27)26-20-14-16-22-28(26)29;/h13-16,19-22H,3-12,17-18,23-24H2,1-2H3;1H3. The van der Waals surface area contributed by atoms with Crippen molar-refractivity contribution in [1.29, 1.82) is 0 Å². The maximum absolute atomic E-state index is 2.43. The number of fused-ring (bicyclic) bond motifs is 3. The molecule has 30 heavy (non-hydrogen) atoms. The Morgan fingerprint density at radius 1 is 0.500 bits per heavy atom. The van der Waals surface area contributed by atoms with Crippen LogP contribution in [-0.2, 0) is 5.41 Å². The molecule has 0 bridgehead atoms. The second kappa shape index (κ2) is 13.0. The van der Waals surface area contributed by atoms with Crippen LogP contribution < -0.4 is 6.15 Å². The van der Waals surface area contributed by atoms with E-state index in [4.69, 9.17) is 0 Å². The maximum atomic E-state index is 2.43. The third-order valence-corrected chi connectivity index (χ3v) is 7.09. The van der Waals surface area contributed by atoms with E-state index < -0.39 is 0 Å². The van der Waals surface area contributed by atoms with E-state index in [2.05, 4.69) is 62.4 Å². The lowest BCUT2D eigenvalue weighted by molar-refractivity contribution is 0.398. The van der Waals surface area contributed by atoms with Crippen LogP contribution in [0, 0.1) is 0 Å². The van der Waals surface area contributed by atoms with Crippen molar-refractivity contribution in [2.75, 3.05) is 0 Å². The largest absolute Gasteiger partial charge is 0.344 e. The summed E-state index contributed by atoms with van der Waals surface area (Å²) in [6.45, 7) is 4.61. The first-order valence-electron chi connectivity index (χ1n) is 12.5. The van der Waals surface area contributed by atoms with Crippen LogP contribution in [0.4, 0.5) is 0 Å². The highest BCUT2D eigenvalue weighted by molar-refractivity contribution is 5.80. The molecule has 0 atom stereocenters. The fourth-order valence-electron chi connectivity index (χ4n) is 5.49. The summed E-state index contributed by atoms with van der Waals surface area (Å²) in [4.78, 5) is 0. The van der Waals surface area contributed by atoms with Crippen LogP contribution in [0.1, 0.15) is 115 Å². The summed E-state index contributed by atoms with van der Waals surface area (Å²) in [5, 5.41) is 0. The monoisotopic (exact) mass is 407 g/mol. The van der Waals surface area contributed by atoms with Crippen LogP contribution in [0.3, 0.4) is 0 Å². The SMILES string of the molecule is CCCCCCCCC1(CCCCCCCC)c2ccccc2-c2ccccc21.N. The molecule has 0 amide bonds. The quantitative estimate of drug-likeness (QED) is 0.311. The van der Waals surface area contributed by atoms with Gasteiger partial charge in [0.25, 0.3) is 0 Å². The summed E-state index contributed by atoms with van der Waals surface area (Å²) in [6, 6.07) is 18.6. The average Bonchev–Trinajstić information content (AvgIpc) is 3.04. The molecule has 0 radical (unpaired) electrons. The molecule has 3 rings (SSSR count). The first-order valence-corrected chi connectivity index (χ1v) is 12.5. The normalized spacial score (nSPS) is 13.5. The van der Waals surface area contributed by atoms with Gasteiger partial charge < -0.3 is 6.15 Å². The number of unbranched alkanes of at least 4 members (excludes halogenated alkanes) is 10. The zero-order valence-electron chi connectivity index (χ0n) is 19.7. The molecule has 0 spiro atoms. The van der Waals surface area contributed by atoms with Gasteiger partial charge in [-0.3, -0.25) is 0 Å². The Balaban J connectivity index is 0.00000320. The zero-order valence-corrected chi connectivity index (χ0v) is 19.7. The van der Waals surface area contributed by atoms with E-state index in [0.29, 0.717) is 0 Å². The maximum Gasteiger partial charge on any atom is 0.0215 e. The van der Waals surface area contributed by atoms with Crippen molar-refractivity contribution in [2.24, 2.45) is 0 Å². The molecule has 0 aromatic heterocycles. The van der Waals surface area contributed by atoms with E-state index in [1.807, 2.05) is 0 Å². The summed E-state index contributed by atoms with van der Waals surface area (Å²) in [5.74, 6) is 0. The summed E-state index contributed by atoms with van der Waals surface area (Å²) >= 11 is 0. The van der Waals surface area contributed by atoms with E-state index in [9.17, 15) is 0 Å². The smallest absolute Gasteiger partial charge is 0.0215 e. The third-order valence-electron chi connectivity index (χ3n) is 7.09. The molecule has 2 aromatic carbocycles. The Bertz CT molecular complexity index is 669. The number of rotatable bonds is 14. The van der Waals surface area contributed by atoms with Gasteiger partial charge in [-0.05, 0) is 35.1 Å². The molecule has 1 nitrogen and oxygen atoms in total. The van der Waals surface area contributed by atoms with E-state index in [0.717, 1.165) is 0 Å². The summed E-state index contributed by atoms with van der Waals surface area (Å²) in [7, 11) is 0. The fraction of sp³-hybridized carbons (Fsp3) is 0.586. The second-order valence-corrected chi connectivity index (χ2v) is 9.21. The average molecular weight is 408 g/mol. The molecule has 0 aliphatic heterocycles. The Labute approximate surface area is 186 Å². The van der Waals surface area contributed by atoms with Gasteiger partial charge in [-0.25, -0.2) is 0 Å². The number of hydrogen-bond donors (Lipinski definition) is 1. The Hall–Kier alpha value is -1.60. The Morgan fingerprint density at radius 3 is 1.30 bits per heavy atom. The van der Waals surface area contributed by atoms with Gasteiger partial charge in [0, 0.05) is 5.41 Å². The molecular formula is C29H45N. The minimum Gasteiger partial charge on any atom is -0.344 e. The van der Waals surface area contributed by atoms with Crippen molar-refractivity contribution in [1.82, 2.24) is 6.15 Å². The van der Waals surface area contributed by atoms with Crippen molar-refractivity contribution in [3.8, 4) is 11.1 Å². The molecule has 1 aliphatic carbocycles. The number of benzene rings is 2. The van der Waals surface area contributed by atoms with Crippen LogP contribution >= 0.6 is 0 Å². The van der Waals surface area contributed by atoms with Crippen LogP contribution in [0.2, 0.25) is 0 Å². The summed E-state index contributed by atoms with van der Waals surface area (Å²) in [5.41, 5.74) is 6.48. The molecule has 0 heterocycles. The minimum absolute atomic E-state index is 0. The van der Waals surface area contributed by atoms with Crippen molar-refractivity contribution < 1.29 is 0 Å². The molecule has 1 aliphatic rings. The molecule has 1 heteroatoms. The highest BCUT2D eigenvalue weighted by atomic mass is 14.4. The van der Waals surface area contributed by atoms with Crippen molar-refractivity contribution in [3.63, 3.8) is 0 Å². The molecule has 2 aromatic rings. The summed E-state index contributed by atoms with van der Waals surface area (Å²) in [6.07, 6.45) is 19.3. The zero-order chi connectivity index (χ0) is 20.4. The van der Waals surface area contributed by atoms with Crippen LogP contribution in [-0.4, -0.2) is 0 Å². The molecule has 0 saturated heterocycles. The van der Waals surface area contributed by atoms with Gasteiger partial charge in [0.1, 0.15) is 0 Å². The van der Waals surface area contributed by atoms with Gasteiger partial charge in [0.05, 0.1) is 0 Å². The van der Waals surface area contributed by atoms with Gasteiger partial charge in [0.15, 0.2) is 0 Å². The van der Waals surface area contributed by atoms with Gasteiger partial charge in [0.2, 0.25) is 0 Å². The molecule has 166 valence electrons. The molecule has 3 N–H and O–H groups in total. The van der Waals surface area contributed by atoms with E-state index in [1.54, 1.807) is 11.1 Å². The predicted molar refractivity (Wildman–Crippen MR) is 134 cm³/mol. The van der Waals surface area contributed by atoms with E-state index >= 15 is 0 Å². The van der Waals surface area contributed by atoms with Crippen molar-refractivity contribution in [3.05, 3.63) is 59.7 Å². The molecule has 0 fully saturated rings. The fourth-order valence-corrected chi connectivity index (χ4v) is 5.49. The summed E-state index contributed by atoms with van der Waals surface area (Å²) < 4.78 is 0. The lowest BCUT2D eigenvalue weighted by Crippen LogP contribution is -2.25. The minimum atomic E-state index is 0. The second-order valence-electron chi connectivity index (χ2n) is 9.21. The first kappa shape index (κ1) is 24.7. The number of hydrogen-bond acceptors (Lipinski definition) is 1. The van der Waals surface area contributed by atoms with Gasteiger partial charge >= 0.3 is 0 Å². The van der Waals surface area contributed by atoms with Crippen LogP contribution in [0.15, 0.2) is 48.5 Å². The van der Waals surface area contributed by atoms with Crippen molar-refractivity contribution >= 4 is 0 Å². The molecule has 0 unspecified atom stereocenters. The Kier molecular flexibility index (Phi) is 10.6. The van der Waals surface area contributed by atoms with Crippen LogP contribution in [0.5, 0.6) is 0 Å². The van der Waals surface area contributed by atoms with E-state index in [-0.39, 0.29) is 11.6 Å². The molecular weight excluding hydrogens is 362 g/mol. The first-order chi connectivity index (χ1) is 14.3. The van der Waals surface area contributed by atoms with Gasteiger partial charge in [-0.2, -0.15) is 0 Å². The third kappa shape index (κ3) is 5.76. The highest BCUT2D eigenvalue weighted by Crippen LogP contribution is 2.53. The van der Waals surface area contributed by atoms with Crippen LogP contribution in [0.25, 0.3) is 11.1 Å². The Morgan fingerprint density at radius 2 is 0.867 bits per heavy atom.